The molecule has 2 aromatic heterocycles. The predicted molar refractivity (Wildman–Crippen MR) is 293 cm³/mol. The third-order valence-electron chi connectivity index (χ3n) is 17.1. The lowest BCUT2D eigenvalue weighted by Gasteiger charge is -2.46. The number of nitrogens with zero attached hydrogens (tertiary/aromatic N) is 2. The molecule has 0 radical (unpaired) electrons. The number of anilines is 6. The minimum atomic E-state index is -0.103. The van der Waals surface area contributed by atoms with E-state index in [9.17, 15) is 0 Å². The molecule has 6 aromatic carbocycles. The Morgan fingerprint density at radius 2 is 1.04 bits per heavy atom. The van der Waals surface area contributed by atoms with E-state index in [1.54, 1.807) is 0 Å². The molecule has 0 saturated carbocycles. The number of hydrogen-bond donors (Lipinski definition) is 0. The molecule has 0 spiro atoms. The van der Waals surface area contributed by atoms with E-state index in [-0.39, 0.29) is 38.4 Å². The fourth-order valence-corrected chi connectivity index (χ4v) is 15.1. The lowest BCUT2D eigenvalue weighted by Crippen LogP contribution is -2.34. The van der Waals surface area contributed by atoms with Crippen molar-refractivity contribution in [3.63, 3.8) is 0 Å². The Labute approximate surface area is 408 Å². The zero-order valence-electron chi connectivity index (χ0n) is 42.4. The SMILES string of the molecule is CC(C)(C)c1ccc2c(c1)C1c3c(cc(C(C)(C)C)cc3N2c2cccc3sc4ccccc4c23)N(c2ccc3c(c2)C(C)(C)CCC3(C)C)c2sc3cc4c(cc3c21)C(C)(C)CCC4(C)C. The molecule has 1 atom stereocenters. The first-order chi connectivity index (χ1) is 31.4. The molecular weight excluding hydrogens is 849 g/mol. The van der Waals surface area contributed by atoms with E-state index in [4.69, 9.17) is 0 Å². The van der Waals surface area contributed by atoms with Gasteiger partial charge in [0.2, 0.25) is 0 Å². The summed E-state index contributed by atoms with van der Waals surface area (Å²) in [4.78, 5) is 5.44. The van der Waals surface area contributed by atoms with Gasteiger partial charge in [0, 0.05) is 47.6 Å². The summed E-state index contributed by atoms with van der Waals surface area (Å²) in [5.41, 5.74) is 19.9. The minimum Gasteiger partial charge on any atom is -0.309 e. The van der Waals surface area contributed by atoms with Crippen molar-refractivity contribution in [2.75, 3.05) is 9.80 Å². The van der Waals surface area contributed by atoms with E-state index in [2.05, 4.69) is 210 Å². The molecule has 0 bridgehead atoms. The molecule has 0 fully saturated rings. The highest BCUT2D eigenvalue weighted by atomic mass is 32.1. The van der Waals surface area contributed by atoms with Crippen molar-refractivity contribution in [3.8, 4) is 0 Å². The molecule has 4 heteroatoms. The second-order valence-corrected chi connectivity index (χ2v) is 27.6. The lowest BCUT2D eigenvalue weighted by molar-refractivity contribution is 0.332. The van der Waals surface area contributed by atoms with Crippen LogP contribution in [0.15, 0.2) is 103 Å². The van der Waals surface area contributed by atoms with Crippen LogP contribution in [0.25, 0.3) is 30.3 Å². The van der Waals surface area contributed by atoms with Crippen molar-refractivity contribution in [2.45, 2.75) is 161 Å². The van der Waals surface area contributed by atoms with Gasteiger partial charge in [0.1, 0.15) is 5.00 Å². The molecule has 0 N–H and O–H groups in total. The molecule has 2 aliphatic carbocycles. The minimum absolute atomic E-state index is 0.0265. The summed E-state index contributed by atoms with van der Waals surface area (Å²) in [5, 5.41) is 5.48. The summed E-state index contributed by atoms with van der Waals surface area (Å²) in [6, 6.07) is 41.7. The van der Waals surface area contributed by atoms with Gasteiger partial charge in [-0.15, -0.1) is 22.7 Å². The Balaban J connectivity index is 1.25. The van der Waals surface area contributed by atoms with E-state index < -0.39 is 0 Å². The number of rotatable bonds is 2. The first-order valence-electron chi connectivity index (χ1n) is 25.0. The quantitative estimate of drug-likeness (QED) is 0.170. The molecule has 2 aliphatic heterocycles. The van der Waals surface area contributed by atoms with E-state index in [1.165, 1.54) is 139 Å². The standard InChI is InChI=1S/C63H68N2S2/c1-58(2,3)36-22-25-46-40(30-36)54-55-41-34-44-45(63(13,14)29-28-62(44,11)12)35-52(41)67-57(55)64(38-23-24-42-43(33-38)61(9,10)27-26-60(42,7)8)48-31-37(59(4,5)6)32-49(56(48)54)65(46)47-19-17-21-51-53(47)39-18-15-16-20-50(39)66-51/h15-25,30-35,54H,26-29H2,1-14H3. The maximum atomic E-state index is 2.75. The normalized spacial score (nSPS) is 19.8. The van der Waals surface area contributed by atoms with Crippen LogP contribution in [0.4, 0.5) is 33.4 Å². The Kier molecular flexibility index (Phi) is 8.99. The molecule has 0 saturated heterocycles. The summed E-state index contributed by atoms with van der Waals surface area (Å²) in [6.45, 7) is 34.2. The number of thiophene rings is 2. The van der Waals surface area contributed by atoms with Gasteiger partial charge in [-0.3, -0.25) is 0 Å². The molecule has 4 heterocycles. The molecule has 1 unspecified atom stereocenters. The average molecular weight is 917 g/mol. The van der Waals surface area contributed by atoms with Gasteiger partial charge in [0.05, 0.1) is 22.7 Å². The molecule has 12 rings (SSSR count). The Hall–Kier alpha value is -4.90. The average Bonchev–Trinajstić information content (AvgIpc) is 3.84. The van der Waals surface area contributed by atoms with Crippen LogP contribution < -0.4 is 9.80 Å². The molecule has 67 heavy (non-hydrogen) atoms. The molecular formula is C63H68N2S2. The van der Waals surface area contributed by atoms with Crippen LogP contribution in [0.3, 0.4) is 0 Å². The molecule has 8 aromatic rings. The largest absolute Gasteiger partial charge is 0.309 e. The Bertz CT molecular complexity index is 3410. The zero-order valence-corrected chi connectivity index (χ0v) is 44.1. The first kappa shape index (κ1) is 43.4. The maximum absolute atomic E-state index is 2.75. The third kappa shape index (κ3) is 6.30. The van der Waals surface area contributed by atoms with Crippen LogP contribution in [0, 0.1) is 0 Å². The van der Waals surface area contributed by atoms with Crippen molar-refractivity contribution in [1.29, 1.82) is 0 Å². The first-order valence-corrected chi connectivity index (χ1v) is 26.7. The smallest absolute Gasteiger partial charge is 0.105 e. The van der Waals surface area contributed by atoms with Crippen LogP contribution in [-0.2, 0) is 32.5 Å². The van der Waals surface area contributed by atoms with Crippen molar-refractivity contribution < 1.29 is 0 Å². The Morgan fingerprint density at radius 1 is 0.448 bits per heavy atom. The molecule has 342 valence electrons. The van der Waals surface area contributed by atoms with Gasteiger partial charge in [-0.2, -0.15) is 0 Å². The fourth-order valence-electron chi connectivity index (χ4n) is 12.7. The molecule has 2 nitrogen and oxygen atoms in total. The van der Waals surface area contributed by atoms with Crippen LogP contribution in [0.2, 0.25) is 0 Å². The van der Waals surface area contributed by atoms with Gasteiger partial charge in [-0.05, 0) is 163 Å². The van der Waals surface area contributed by atoms with Crippen LogP contribution in [-0.4, -0.2) is 0 Å². The molecule has 0 amide bonds. The van der Waals surface area contributed by atoms with Crippen molar-refractivity contribution in [3.05, 3.63) is 153 Å². The van der Waals surface area contributed by atoms with Crippen molar-refractivity contribution >= 4 is 86.4 Å². The van der Waals surface area contributed by atoms with Gasteiger partial charge in [-0.1, -0.05) is 139 Å². The van der Waals surface area contributed by atoms with Gasteiger partial charge in [0.25, 0.3) is 0 Å². The highest BCUT2D eigenvalue weighted by molar-refractivity contribution is 7.26. The van der Waals surface area contributed by atoms with Crippen molar-refractivity contribution in [2.24, 2.45) is 0 Å². The topological polar surface area (TPSA) is 6.48 Å². The maximum Gasteiger partial charge on any atom is 0.105 e. The second-order valence-electron chi connectivity index (χ2n) is 25.5. The third-order valence-corrected chi connectivity index (χ3v) is 19.4. The lowest BCUT2D eigenvalue weighted by atomic mass is 9.63. The van der Waals surface area contributed by atoms with Gasteiger partial charge in [0.15, 0.2) is 0 Å². The van der Waals surface area contributed by atoms with Crippen LogP contribution in [0.1, 0.15) is 179 Å². The fraction of sp³-hybridized carbons (Fsp3) is 0.397. The summed E-state index contributed by atoms with van der Waals surface area (Å²) in [7, 11) is 0. The predicted octanol–water partition coefficient (Wildman–Crippen LogP) is 19.3. The second kappa shape index (κ2) is 13.9. The van der Waals surface area contributed by atoms with Gasteiger partial charge < -0.3 is 9.80 Å². The van der Waals surface area contributed by atoms with Crippen LogP contribution in [0.5, 0.6) is 0 Å². The van der Waals surface area contributed by atoms with E-state index in [0.717, 1.165) is 0 Å². The zero-order chi connectivity index (χ0) is 47.1. The summed E-state index contributed by atoms with van der Waals surface area (Å²) in [6.07, 6.45) is 4.78. The number of fused-ring (bicyclic) bond motifs is 11. The van der Waals surface area contributed by atoms with Crippen LogP contribution >= 0.6 is 22.7 Å². The monoisotopic (exact) mass is 916 g/mol. The highest BCUT2D eigenvalue weighted by Gasteiger charge is 2.47. The van der Waals surface area contributed by atoms with E-state index in [1.807, 2.05) is 22.7 Å². The number of hydrogen-bond acceptors (Lipinski definition) is 4. The van der Waals surface area contributed by atoms with E-state index >= 15 is 0 Å². The van der Waals surface area contributed by atoms with E-state index in [0.29, 0.717) is 0 Å². The summed E-state index contributed by atoms with van der Waals surface area (Å²) in [5.74, 6) is 0.0387. The Morgan fingerprint density at radius 3 is 1.72 bits per heavy atom. The molecule has 4 aliphatic rings. The summed E-state index contributed by atoms with van der Waals surface area (Å²) >= 11 is 3.95. The highest BCUT2D eigenvalue weighted by Crippen LogP contribution is 2.66. The van der Waals surface area contributed by atoms with Gasteiger partial charge in [-0.25, -0.2) is 0 Å². The number of benzene rings is 6. The van der Waals surface area contributed by atoms with Gasteiger partial charge >= 0.3 is 0 Å². The van der Waals surface area contributed by atoms with Crippen molar-refractivity contribution in [1.82, 2.24) is 0 Å². The summed E-state index contributed by atoms with van der Waals surface area (Å²) < 4.78 is 4.08.